The van der Waals surface area contributed by atoms with Crippen LogP contribution in [0.15, 0.2) is 12.1 Å². The van der Waals surface area contributed by atoms with Crippen LogP contribution in [-0.2, 0) is 6.42 Å². The van der Waals surface area contributed by atoms with Crippen molar-refractivity contribution in [2.45, 2.75) is 53.0 Å². The van der Waals surface area contributed by atoms with E-state index in [0.29, 0.717) is 0 Å². The van der Waals surface area contributed by atoms with E-state index in [1.807, 2.05) is 31.0 Å². The predicted molar refractivity (Wildman–Crippen MR) is 84.2 cm³/mol. The minimum absolute atomic E-state index is 0.0955. The van der Waals surface area contributed by atoms with Crippen molar-refractivity contribution >= 4 is 11.7 Å². The minimum atomic E-state index is 0.0955. The number of amides is 1. The van der Waals surface area contributed by atoms with E-state index in [1.54, 1.807) is 0 Å². The largest absolute Gasteiger partial charge is 0.373 e. The van der Waals surface area contributed by atoms with Crippen LogP contribution in [0.25, 0.3) is 0 Å². The third kappa shape index (κ3) is 3.95. The average molecular weight is 277 g/mol. The Morgan fingerprint density at radius 3 is 2.55 bits per heavy atom. The zero-order chi connectivity index (χ0) is 15.1. The van der Waals surface area contributed by atoms with E-state index in [4.69, 9.17) is 0 Å². The summed E-state index contributed by atoms with van der Waals surface area (Å²) in [4.78, 5) is 19.1. The molecule has 1 unspecified atom stereocenters. The van der Waals surface area contributed by atoms with E-state index in [9.17, 15) is 4.79 Å². The number of pyridine rings is 1. The van der Waals surface area contributed by atoms with Gasteiger partial charge in [-0.2, -0.15) is 0 Å². The number of carbonyl (C=O) groups is 1. The minimum Gasteiger partial charge on any atom is -0.373 e. The summed E-state index contributed by atoms with van der Waals surface area (Å²) in [6.45, 7) is 9.07. The Kier molecular flexibility index (Phi) is 6.49. The van der Waals surface area contributed by atoms with Crippen LogP contribution in [0, 0.1) is 0 Å². The first-order chi connectivity index (χ1) is 9.57. The molecule has 1 rings (SSSR count). The van der Waals surface area contributed by atoms with Crippen molar-refractivity contribution in [2.75, 3.05) is 18.9 Å². The van der Waals surface area contributed by atoms with Crippen molar-refractivity contribution < 1.29 is 4.79 Å². The maximum absolute atomic E-state index is 12.7. The lowest BCUT2D eigenvalue weighted by Crippen LogP contribution is -2.38. The molecule has 4 heteroatoms. The van der Waals surface area contributed by atoms with Gasteiger partial charge in [-0.3, -0.25) is 4.79 Å². The van der Waals surface area contributed by atoms with Crippen LogP contribution in [0.2, 0.25) is 0 Å². The molecule has 0 saturated heterocycles. The molecule has 0 fully saturated rings. The van der Waals surface area contributed by atoms with Crippen LogP contribution in [0.4, 0.5) is 5.82 Å². The summed E-state index contributed by atoms with van der Waals surface area (Å²) in [7, 11) is 1.83. The van der Waals surface area contributed by atoms with Gasteiger partial charge in [0, 0.05) is 30.9 Å². The van der Waals surface area contributed by atoms with Crippen molar-refractivity contribution in [1.29, 1.82) is 0 Å². The summed E-state index contributed by atoms with van der Waals surface area (Å²) in [5.74, 6) is 0.859. The van der Waals surface area contributed by atoms with Crippen LogP contribution in [0.3, 0.4) is 0 Å². The molecule has 1 atom stereocenters. The molecule has 0 bridgehead atoms. The summed E-state index contributed by atoms with van der Waals surface area (Å²) in [5, 5.41) is 3.04. The summed E-state index contributed by atoms with van der Waals surface area (Å²) >= 11 is 0. The number of hydrogen-bond donors (Lipinski definition) is 1. The molecule has 1 amide bonds. The monoisotopic (exact) mass is 277 g/mol. The summed E-state index contributed by atoms with van der Waals surface area (Å²) in [6.07, 6.45) is 2.88. The summed E-state index contributed by atoms with van der Waals surface area (Å²) in [6, 6.07) is 4.03. The highest BCUT2D eigenvalue weighted by molar-refractivity contribution is 5.95. The fourth-order valence-electron chi connectivity index (χ4n) is 2.27. The Morgan fingerprint density at radius 1 is 1.35 bits per heavy atom. The van der Waals surface area contributed by atoms with Crippen LogP contribution in [-0.4, -0.2) is 35.4 Å². The van der Waals surface area contributed by atoms with Crippen molar-refractivity contribution in [3.63, 3.8) is 0 Å². The first-order valence-electron chi connectivity index (χ1n) is 7.56. The smallest absolute Gasteiger partial charge is 0.254 e. The van der Waals surface area contributed by atoms with Crippen LogP contribution < -0.4 is 5.32 Å². The molecule has 0 aliphatic heterocycles. The van der Waals surface area contributed by atoms with Crippen LogP contribution >= 0.6 is 0 Å². The van der Waals surface area contributed by atoms with Gasteiger partial charge < -0.3 is 10.2 Å². The normalized spacial score (nSPS) is 12.1. The van der Waals surface area contributed by atoms with E-state index in [2.05, 4.69) is 31.1 Å². The number of aromatic nitrogens is 1. The van der Waals surface area contributed by atoms with E-state index in [-0.39, 0.29) is 11.9 Å². The average Bonchev–Trinajstić information content (AvgIpc) is 2.47. The molecule has 1 aromatic rings. The maximum Gasteiger partial charge on any atom is 0.254 e. The zero-order valence-electron chi connectivity index (χ0n) is 13.4. The maximum atomic E-state index is 12.7. The molecule has 1 heterocycles. The predicted octanol–water partition coefficient (Wildman–Crippen LogP) is 3.34. The molecule has 0 aromatic carbocycles. The number of nitrogens with zero attached hydrogens (tertiary/aromatic N) is 2. The highest BCUT2D eigenvalue weighted by Crippen LogP contribution is 2.16. The Labute approximate surface area is 122 Å². The van der Waals surface area contributed by atoms with Gasteiger partial charge in [0.25, 0.3) is 5.91 Å². The second-order valence-corrected chi connectivity index (χ2v) is 5.08. The summed E-state index contributed by atoms with van der Waals surface area (Å²) < 4.78 is 0. The second kappa shape index (κ2) is 7.88. The first kappa shape index (κ1) is 16.5. The third-order valence-electron chi connectivity index (χ3n) is 3.61. The standard InChI is InChI=1S/C16H27N3O/c1-6-9-14-10-13(11-15(17-5)18-14)16(20)19(8-3)12(4)7-2/h10-12H,6-9H2,1-5H3,(H,17,18). The van der Waals surface area contributed by atoms with Gasteiger partial charge in [0.1, 0.15) is 5.82 Å². The molecule has 112 valence electrons. The fraction of sp³-hybridized carbons (Fsp3) is 0.625. The lowest BCUT2D eigenvalue weighted by atomic mass is 10.1. The molecule has 1 aromatic heterocycles. The number of anilines is 1. The van der Waals surface area contributed by atoms with E-state index < -0.39 is 0 Å². The molecular formula is C16H27N3O. The van der Waals surface area contributed by atoms with Gasteiger partial charge in [-0.25, -0.2) is 4.98 Å². The van der Waals surface area contributed by atoms with Gasteiger partial charge in [0.2, 0.25) is 0 Å². The first-order valence-corrected chi connectivity index (χ1v) is 7.56. The Hall–Kier alpha value is -1.58. The lowest BCUT2D eigenvalue weighted by Gasteiger charge is -2.27. The number of carbonyl (C=O) groups excluding carboxylic acids is 1. The fourth-order valence-corrected chi connectivity index (χ4v) is 2.27. The Balaban J connectivity index is 3.09. The highest BCUT2D eigenvalue weighted by atomic mass is 16.2. The van der Waals surface area contributed by atoms with Crippen molar-refractivity contribution in [2.24, 2.45) is 0 Å². The van der Waals surface area contributed by atoms with Crippen LogP contribution in [0.1, 0.15) is 56.6 Å². The molecule has 0 aliphatic rings. The number of aryl methyl sites for hydroxylation is 1. The van der Waals surface area contributed by atoms with Crippen molar-refractivity contribution in [3.05, 3.63) is 23.4 Å². The Bertz CT molecular complexity index is 445. The number of hydrogen-bond acceptors (Lipinski definition) is 3. The van der Waals surface area contributed by atoms with Gasteiger partial charge in [-0.05, 0) is 38.8 Å². The van der Waals surface area contributed by atoms with Gasteiger partial charge in [0.05, 0.1) is 0 Å². The molecule has 20 heavy (non-hydrogen) atoms. The number of nitrogens with one attached hydrogen (secondary N) is 1. The zero-order valence-corrected chi connectivity index (χ0v) is 13.4. The molecular weight excluding hydrogens is 250 g/mol. The molecule has 0 saturated carbocycles. The number of rotatable bonds is 7. The molecule has 0 radical (unpaired) electrons. The molecule has 1 N–H and O–H groups in total. The van der Waals surface area contributed by atoms with Gasteiger partial charge >= 0.3 is 0 Å². The SMILES string of the molecule is CCCc1cc(C(=O)N(CC)C(C)CC)cc(NC)n1. The van der Waals surface area contributed by atoms with Crippen LogP contribution in [0.5, 0.6) is 0 Å². The topological polar surface area (TPSA) is 45.2 Å². The van der Waals surface area contributed by atoms with E-state index in [1.165, 1.54) is 0 Å². The van der Waals surface area contributed by atoms with Crippen molar-refractivity contribution in [1.82, 2.24) is 9.88 Å². The quantitative estimate of drug-likeness (QED) is 0.831. The van der Waals surface area contributed by atoms with E-state index in [0.717, 1.165) is 42.9 Å². The van der Waals surface area contributed by atoms with Gasteiger partial charge in [-0.1, -0.05) is 20.3 Å². The van der Waals surface area contributed by atoms with Gasteiger partial charge in [0.15, 0.2) is 0 Å². The lowest BCUT2D eigenvalue weighted by molar-refractivity contribution is 0.0699. The Morgan fingerprint density at radius 2 is 2.05 bits per heavy atom. The highest BCUT2D eigenvalue weighted by Gasteiger charge is 2.19. The van der Waals surface area contributed by atoms with E-state index >= 15 is 0 Å². The van der Waals surface area contributed by atoms with Gasteiger partial charge in [-0.15, -0.1) is 0 Å². The molecule has 0 spiro atoms. The molecule has 4 nitrogen and oxygen atoms in total. The second-order valence-electron chi connectivity index (χ2n) is 5.08. The third-order valence-corrected chi connectivity index (χ3v) is 3.61. The van der Waals surface area contributed by atoms with Crippen molar-refractivity contribution in [3.8, 4) is 0 Å². The summed E-state index contributed by atoms with van der Waals surface area (Å²) in [5.41, 5.74) is 1.71. The molecule has 0 aliphatic carbocycles.